The summed E-state index contributed by atoms with van der Waals surface area (Å²) in [5, 5.41) is 11.9. The standard InChI is InChI=1S/C20H18F2N2O4/c1-3-27-16-7-5-15(6-8-16)24-19(25)14(12-23)10-13-4-9-17(26-2)18(11-13)28-20(21)22/h4-11,20H,3H2,1-2H3,(H,24,25)/b14-10+. The summed E-state index contributed by atoms with van der Waals surface area (Å²) in [6.45, 7) is -0.658. The number of nitriles is 1. The highest BCUT2D eigenvalue weighted by molar-refractivity contribution is 6.09. The molecule has 0 fully saturated rings. The first kappa shape index (κ1) is 20.7. The number of hydrogen-bond acceptors (Lipinski definition) is 5. The van der Waals surface area contributed by atoms with Crippen molar-refractivity contribution in [3.8, 4) is 23.3 Å². The van der Waals surface area contributed by atoms with Gasteiger partial charge in [0.1, 0.15) is 17.4 Å². The Bertz CT molecular complexity index is 890. The molecule has 0 saturated carbocycles. The number of anilines is 1. The molecule has 0 unspecified atom stereocenters. The first-order chi connectivity index (χ1) is 13.5. The number of methoxy groups -OCH3 is 1. The third kappa shape index (κ3) is 5.71. The first-order valence-corrected chi connectivity index (χ1v) is 8.25. The minimum atomic E-state index is -3.04. The van der Waals surface area contributed by atoms with E-state index >= 15 is 0 Å². The Kier molecular flexibility index (Phi) is 7.34. The molecule has 0 aliphatic rings. The summed E-state index contributed by atoms with van der Waals surface area (Å²) in [5.41, 5.74) is 0.600. The van der Waals surface area contributed by atoms with Gasteiger partial charge in [-0.15, -0.1) is 0 Å². The number of benzene rings is 2. The van der Waals surface area contributed by atoms with Gasteiger partial charge >= 0.3 is 6.61 Å². The largest absolute Gasteiger partial charge is 0.494 e. The van der Waals surface area contributed by atoms with Crippen LogP contribution in [0.5, 0.6) is 17.2 Å². The number of carbonyl (C=O) groups excluding carboxylic acids is 1. The highest BCUT2D eigenvalue weighted by Crippen LogP contribution is 2.30. The molecule has 0 aromatic heterocycles. The number of rotatable bonds is 8. The average molecular weight is 388 g/mol. The Balaban J connectivity index is 2.20. The molecule has 0 saturated heterocycles. The zero-order valence-corrected chi connectivity index (χ0v) is 15.2. The van der Waals surface area contributed by atoms with Gasteiger partial charge in [-0.3, -0.25) is 4.79 Å². The van der Waals surface area contributed by atoms with Crippen LogP contribution in [0.2, 0.25) is 0 Å². The van der Waals surface area contributed by atoms with Crippen molar-refractivity contribution in [3.63, 3.8) is 0 Å². The van der Waals surface area contributed by atoms with Crippen LogP contribution in [0.15, 0.2) is 48.0 Å². The number of ether oxygens (including phenoxy) is 3. The van der Waals surface area contributed by atoms with Gasteiger partial charge in [0.05, 0.1) is 13.7 Å². The van der Waals surface area contributed by atoms with Gasteiger partial charge < -0.3 is 19.5 Å². The van der Waals surface area contributed by atoms with Crippen LogP contribution in [0.1, 0.15) is 12.5 Å². The molecule has 1 N–H and O–H groups in total. The molecular formula is C20H18F2N2O4. The van der Waals surface area contributed by atoms with Crippen molar-refractivity contribution in [2.45, 2.75) is 13.5 Å². The fraction of sp³-hybridized carbons (Fsp3) is 0.200. The number of halogens is 2. The Labute approximate surface area is 160 Å². The van der Waals surface area contributed by atoms with Crippen molar-refractivity contribution in [3.05, 3.63) is 53.6 Å². The monoisotopic (exact) mass is 388 g/mol. The summed E-state index contributed by atoms with van der Waals surface area (Å²) in [6, 6.07) is 12.6. The van der Waals surface area contributed by atoms with E-state index in [1.165, 1.54) is 31.4 Å². The van der Waals surface area contributed by atoms with Gasteiger partial charge in [0.2, 0.25) is 0 Å². The fourth-order valence-electron chi connectivity index (χ4n) is 2.29. The number of nitrogens with zero attached hydrogens (tertiary/aromatic N) is 1. The molecule has 2 aromatic carbocycles. The summed E-state index contributed by atoms with van der Waals surface area (Å²) in [7, 11) is 1.31. The average Bonchev–Trinajstić information content (AvgIpc) is 2.67. The van der Waals surface area contributed by atoms with Crippen LogP contribution >= 0.6 is 0 Å². The second-order valence-corrected chi connectivity index (χ2v) is 5.37. The van der Waals surface area contributed by atoms with Gasteiger partial charge in [-0.2, -0.15) is 14.0 Å². The van der Waals surface area contributed by atoms with Crippen molar-refractivity contribution in [2.24, 2.45) is 0 Å². The van der Waals surface area contributed by atoms with Crippen LogP contribution in [0, 0.1) is 11.3 Å². The number of alkyl halides is 2. The zero-order chi connectivity index (χ0) is 20.5. The molecule has 0 bridgehead atoms. The van der Waals surface area contributed by atoms with E-state index in [0.29, 0.717) is 23.6 Å². The maximum Gasteiger partial charge on any atom is 0.387 e. The summed E-state index contributed by atoms with van der Waals surface area (Å²) in [4.78, 5) is 12.3. The van der Waals surface area contributed by atoms with Gasteiger partial charge in [-0.1, -0.05) is 6.07 Å². The van der Waals surface area contributed by atoms with Gasteiger partial charge in [-0.25, -0.2) is 0 Å². The lowest BCUT2D eigenvalue weighted by Crippen LogP contribution is -2.13. The van der Waals surface area contributed by atoms with Gasteiger partial charge in [-0.05, 0) is 55.0 Å². The molecule has 0 radical (unpaired) electrons. The summed E-state index contributed by atoms with van der Waals surface area (Å²) >= 11 is 0. The second kappa shape index (κ2) is 9.92. The van der Waals surface area contributed by atoms with Crippen molar-refractivity contribution in [1.29, 1.82) is 5.26 Å². The molecule has 0 atom stereocenters. The minimum Gasteiger partial charge on any atom is -0.494 e. The van der Waals surface area contributed by atoms with Crippen LogP contribution in [0.3, 0.4) is 0 Å². The van der Waals surface area contributed by atoms with Crippen molar-refractivity contribution in [1.82, 2.24) is 0 Å². The Morgan fingerprint density at radius 1 is 1.21 bits per heavy atom. The van der Waals surface area contributed by atoms with Crippen LogP contribution in [-0.2, 0) is 4.79 Å². The van der Waals surface area contributed by atoms with E-state index in [4.69, 9.17) is 9.47 Å². The third-order valence-electron chi connectivity index (χ3n) is 3.50. The Morgan fingerprint density at radius 3 is 2.50 bits per heavy atom. The van der Waals surface area contributed by atoms with Gasteiger partial charge in [0, 0.05) is 5.69 Å². The summed E-state index contributed by atoms with van der Waals surface area (Å²) < 4.78 is 39.7. The number of nitrogens with one attached hydrogen (secondary N) is 1. The fourth-order valence-corrected chi connectivity index (χ4v) is 2.29. The third-order valence-corrected chi connectivity index (χ3v) is 3.50. The maximum absolute atomic E-state index is 12.5. The van der Waals surface area contributed by atoms with E-state index in [2.05, 4.69) is 10.1 Å². The van der Waals surface area contributed by atoms with Crippen LogP contribution in [-0.4, -0.2) is 26.2 Å². The minimum absolute atomic E-state index is 0.106. The van der Waals surface area contributed by atoms with Gasteiger partial charge in [0.25, 0.3) is 5.91 Å². The van der Waals surface area contributed by atoms with Crippen LogP contribution in [0.25, 0.3) is 6.08 Å². The number of amides is 1. The molecule has 2 rings (SSSR count). The van der Waals surface area contributed by atoms with Crippen molar-refractivity contribution >= 4 is 17.7 Å². The summed E-state index contributed by atoms with van der Waals surface area (Å²) in [5.74, 6) is -0.0783. The second-order valence-electron chi connectivity index (χ2n) is 5.37. The molecule has 146 valence electrons. The van der Waals surface area contributed by atoms with Crippen molar-refractivity contribution < 1.29 is 27.8 Å². The predicted octanol–water partition coefficient (Wildman–Crippen LogP) is 4.24. The lowest BCUT2D eigenvalue weighted by molar-refractivity contribution is -0.112. The molecule has 0 spiro atoms. The van der Waals surface area contributed by atoms with Gasteiger partial charge in [0.15, 0.2) is 11.5 Å². The quantitative estimate of drug-likeness (QED) is 0.540. The highest BCUT2D eigenvalue weighted by atomic mass is 19.3. The molecule has 1 amide bonds. The van der Waals surface area contributed by atoms with E-state index in [9.17, 15) is 18.8 Å². The van der Waals surface area contributed by atoms with E-state index in [0.717, 1.165) is 0 Å². The topological polar surface area (TPSA) is 80.6 Å². The Hall–Kier alpha value is -3.60. The molecule has 2 aromatic rings. The summed E-state index contributed by atoms with van der Waals surface area (Å²) in [6.07, 6.45) is 1.27. The normalized spacial score (nSPS) is 10.9. The van der Waals surface area contributed by atoms with E-state index in [-0.39, 0.29) is 17.1 Å². The molecule has 8 heteroatoms. The highest BCUT2D eigenvalue weighted by Gasteiger charge is 2.13. The number of carbonyl (C=O) groups is 1. The van der Waals surface area contributed by atoms with E-state index in [1.807, 2.05) is 6.92 Å². The Morgan fingerprint density at radius 2 is 1.93 bits per heavy atom. The molecule has 0 aliphatic heterocycles. The molecule has 0 heterocycles. The molecule has 6 nitrogen and oxygen atoms in total. The lowest BCUT2D eigenvalue weighted by Gasteiger charge is -2.10. The zero-order valence-electron chi connectivity index (χ0n) is 15.2. The van der Waals surface area contributed by atoms with E-state index in [1.54, 1.807) is 30.3 Å². The van der Waals surface area contributed by atoms with Crippen LogP contribution in [0.4, 0.5) is 14.5 Å². The molecule has 0 aliphatic carbocycles. The first-order valence-electron chi connectivity index (χ1n) is 8.25. The smallest absolute Gasteiger partial charge is 0.387 e. The lowest BCUT2D eigenvalue weighted by atomic mass is 10.1. The van der Waals surface area contributed by atoms with Crippen LogP contribution < -0.4 is 19.5 Å². The van der Waals surface area contributed by atoms with E-state index < -0.39 is 12.5 Å². The SMILES string of the molecule is CCOc1ccc(NC(=O)/C(C#N)=C/c2ccc(OC)c(OC(F)F)c2)cc1. The number of hydrogen-bond donors (Lipinski definition) is 1. The molecular weight excluding hydrogens is 370 g/mol. The van der Waals surface area contributed by atoms with Crippen molar-refractivity contribution in [2.75, 3.05) is 19.0 Å². The maximum atomic E-state index is 12.5. The molecule has 28 heavy (non-hydrogen) atoms. The predicted molar refractivity (Wildman–Crippen MR) is 99.5 cm³/mol.